The van der Waals surface area contributed by atoms with E-state index in [4.69, 9.17) is 19.7 Å². The fraction of sp³-hybridized carbons (Fsp3) is 0.550. The molecule has 0 aromatic heterocycles. The second-order valence-electron chi connectivity index (χ2n) is 15.3. The van der Waals surface area contributed by atoms with Gasteiger partial charge in [0.2, 0.25) is 0 Å². The van der Waals surface area contributed by atoms with Gasteiger partial charge in [0.05, 0.1) is 36.9 Å². The predicted molar refractivity (Wildman–Crippen MR) is 191 cm³/mol. The average Bonchev–Trinajstić information content (AvgIpc) is 3.04. The molecule has 6 rings (SSSR count). The summed E-state index contributed by atoms with van der Waals surface area (Å²) in [6.45, 7) is 9.50. The van der Waals surface area contributed by atoms with Crippen LogP contribution in [0.3, 0.4) is 0 Å². The van der Waals surface area contributed by atoms with Crippen LogP contribution in [0, 0.1) is 35.5 Å². The molecule has 2 heterocycles. The Balaban J connectivity index is 0.000000208. The second kappa shape index (κ2) is 16.8. The number of carboxylic acids is 2. The molecule has 2 saturated heterocycles. The molecule has 2 N–H and O–H groups in total. The van der Waals surface area contributed by atoms with Crippen LogP contribution in [0.1, 0.15) is 49.9 Å². The molecule has 14 heteroatoms. The molecular weight excluding hydrogens is 718 g/mol. The molecule has 54 heavy (non-hydrogen) atoms. The first-order valence-electron chi connectivity index (χ1n) is 18.2. The summed E-state index contributed by atoms with van der Waals surface area (Å²) in [6.07, 6.45) is -2.69. The van der Waals surface area contributed by atoms with Crippen LogP contribution in [0.15, 0.2) is 47.5 Å². The molecule has 2 aliphatic carbocycles. The molecule has 2 aromatic rings. The first-order valence-corrected chi connectivity index (χ1v) is 18.2. The maximum Gasteiger partial charge on any atom is 0.394 e. The number of likely N-dealkylation sites (tertiary alicyclic amines) is 2. The van der Waals surface area contributed by atoms with Crippen LogP contribution in [0.4, 0.5) is 26.3 Å². The van der Waals surface area contributed by atoms with E-state index < -0.39 is 49.3 Å². The van der Waals surface area contributed by atoms with E-state index >= 15 is 0 Å². The lowest BCUT2D eigenvalue weighted by molar-refractivity contribution is -0.177. The van der Waals surface area contributed by atoms with Crippen molar-refractivity contribution in [2.75, 3.05) is 52.5 Å². The summed E-state index contributed by atoms with van der Waals surface area (Å²) in [4.78, 5) is 26.1. The number of carbonyl (C=O) groups is 2. The lowest BCUT2D eigenvalue weighted by Gasteiger charge is -2.38. The van der Waals surface area contributed by atoms with Crippen LogP contribution < -0.4 is 9.47 Å². The maximum absolute atomic E-state index is 12.6. The molecule has 0 saturated carbocycles. The van der Waals surface area contributed by atoms with Gasteiger partial charge in [-0.25, -0.2) is 0 Å². The third-order valence-corrected chi connectivity index (χ3v) is 10.8. The molecule has 0 unspecified atom stereocenters. The Hall–Kier alpha value is -4.04. The summed E-state index contributed by atoms with van der Waals surface area (Å²) in [6, 6.07) is 10.8. The molecule has 0 bridgehead atoms. The molecule has 0 spiro atoms. The van der Waals surface area contributed by atoms with Crippen LogP contribution >= 0.6 is 0 Å². The Morgan fingerprint density at radius 2 is 1.04 bits per heavy atom. The number of hydrogen-bond donors (Lipinski definition) is 2. The number of alkyl halides is 6. The SMILES string of the molecule is C[C@@H]1Cc2cc(OC[C@@H](C)C(F)(F)F)ccc2C=C1CN1CC(C(=O)O)C1.C[C@@H]1Cc2cc(OC[C@H](C)C(F)(F)F)ccc2C=C1CN1CC(C(=O)O)C1. The number of benzene rings is 2. The number of carboxylic acid groups (broad SMARTS) is 2. The third-order valence-electron chi connectivity index (χ3n) is 10.8. The highest BCUT2D eigenvalue weighted by molar-refractivity contribution is 5.72. The van der Waals surface area contributed by atoms with E-state index in [1.165, 1.54) is 11.1 Å². The number of hydrogen-bond acceptors (Lipinski definition) is 6. The first kappa shape index (κ1) is 41.1. The summed E-state index contributed by atoms with van der Waals surface area (Å²) in [5.41, 5.74) is 6.74. The lowest BCUT2D eigenvalue weighted by atomic mass is 9.83. The topological polar surface area (TPSA) is 99.5 Å². The van der Waals surface area contributed by atoms with Crippen LogP contribution in [-0.2, 0) is 22.4 Å². The van der Waals surface area contributed by atoms with E-state index in [0.29, 0.717) is 49.5 Å². The fourth-order valence-corrected chi connectivity index (χ4v) is 6.85. The van der Waals surface area contributed by atoms with Crippen LogP contribution in [0.25, 0.3) is 12.2 Å². The third kappa shape index (κ3) is 10.6. The minimum absolute atomic E-state index is 0.268. The van der Waals surface area contributed by atoms with E-state index in [-0.39, 0.29) is 11.8 Å². The van der Waals surface area contributed by atoms with Gasteiger partial charge in [-0.2, -0.15) is 26.3 Å². The molecule has 4 aliphatic rings. The summed E-state index contributed by atoms with van der Waals surface area (Å²) < 4.78 is 86.3. The van der Waals surface area contributed by atoms with E-state index in [0.717, 1.165) is 62.0 Å². The molecule has 2 aromatic carbocycles. The standard InChI is InChI=1S/2C20H24F3NO3/c2*1-12-5-15-7-18(27-11-13(2)20(21,22)23)4-3-14(15)6-16(12)8-24-9-17(10-24)19(25)26/h2*3-4,6-7,12-13,17H,5,8-11H2,1-2H3,(H,25,26)/t12-,13+;12-,13-/m11/s1. The summed E-state index contributed by atoms with van der Waals surface area (Å²) in [7, 11) is 0. The fourth-order valence-electron chi connectivity index (χ4n) is 6.85. The number of halogens is 6. The zero-order valence-electron chi connectivity index (χ0n) is 30.8. The highest BCUT2D eigenvalue weighted by Gasteiger charge is 2.38. The smallest absolute Gasteiger partial charge is 0.394 e. The molecule has 2 aliphatic heterocycles. The quantitative estimate of drug-likeness (QED) is 0.212. The van der Waals surface area contributed by atoms with E-state index in [1.807, 2.05) is 24.3 Å². The van der Waals surface area contributed by atoms with Crippen LogP contribution in [0.5, 0.6) is 11.5 Å². The lowest BCUT2D eigenvalue weighted by Crippen LogP contribution is -2.51. The van der Waals surface area contributed by atoms with Gasteiger partial charge < -0.3 is 19.7 Å². The Bertz CT molecular complexity index is 1600. The number of fused-ring (bicyclic) bond motifs is 2. The van der Waals surface area contributed by atoms with E-state index in [2.05, 4.69) is 35.8 Å². The van der Waals surface area contributed by atoms with Crippen molar-refractivity contribution in [1.29, 1.82) is 0 Å². The minimum atomic E-state index is -4.25. The van der Waals surface area contributed by atoms with Crippen molar-refractivity contribution in [3.63, 3.8) is 0 Å². The number of nitrogens with zero attached hydrogens (tertiary/aromatic N) is 2. The van der Waals surface area contributed by atoms with Gasteiger partial charge >= 0.3 is 24.3 Å². The van der Waals surface area contributed by atoms with Crippen molar-refractivity contribution in [3.8, 4) is 11.5 Å². The monoisotopic (exact) mass is 766 g/mol. The molecule has 296 valence electrons. The van der Waals surface area contributed by atoms with E-state index in [9.17, 15) is 35.9 Å². The average molecular weight is 767 g/mol. The number of aliphatic carboxylic acids is 2. The van der Waals surface area contributed by atoms with E-state index in [1.54, 1.807) is 12.1 Å². The largest absolute Gasteiger partial charge is 0.493 e. The zero-order valence-corrected chi connectivity index (χ0v) is 30.8. The highest BCUT2D eigenvalue weighted by Crippen LogP contribution is 2.35. The summed E-state index contributed by atoms with van der Waals surface area (Å²) in [5.74, 6) is -3.52. The van der Waals surface area contributed by atoms with Gasteiger partial charge in [-0.05, 0) is 71.2 Å². The Morgan fingerprint density at radius 1 is 0.685 bits per heavy atom. The molecule has 8 nitrogen and oxygen atoms in total. The van der Waals surface area contributed by atoms with Crippen molar-refractivity contribution >= 4 is 24.1 Å². The first-order chi connectivity index (χ1) is 25.3. The molecule has 0 radical (unpaired) electrons. The second-order valence-corrected chi connectivity index (χ2v) is 15.3. The molecular formula is C40H48F6N2O6. The number of rotatable bonds is 12. The van der Waals surface area contributed by atoms with Crippen molar-refractivity contribution in [2.24, 2.45) is 35.5 Å². The van der Waals surface area contributed by atoms with Crippen LogP contribution in [0.2, 0.25) is 0 Å². The Morgan fingerprint density at radius 3 is 1.35 bits per heavy atom. The van der Waals surface area contributed by atoms with Gasteiger partial charge in [0, 0.05) is 39.3 Å². The van der Waals surface area contributed by atoms with Gasteiger partial charge in [0.1, 0.15) is 11.5 Å². The van der Waals surface area contributed by atoms with Gasteiger partial charge in [-0.1, -0.05) is 63.1 Å². The van der Waals surface area contributed by atoms with Gasteiger partial charge in [0.25, 0.3) is 0 Å². The van der Waals surface area contributed by atoms with Crippen molar-refractivity contribution in [2.45, 2.75) is 52.9 Å². The number of ether oxygens (including phenoxy) is 2. The molecule has 4 atom stereocenters. The van der Waals surface area contributed by atoms with Crippen molar-refractivity contribution < 1.29 is 55.6 Å². The van der Waals surface area contributed by atoms with Crippen molar-refractivity contribution in [3.05, 3.63) is 69.8 Å². The Labute approximate surface area is 311 Å². The van der Waals surface area contributed by atoms with Gasteiger partial charge in [-0.3, -0.25) is 19.4 Å². The van der Waals surface area contributed by atoms with Crippen LogP contribution in [-0.4, -0.2) is 96.8 Å². The molecule has 0 amide bonds. The zero-order chi connectivity index (χ0) is 39.5. The summed E-state index contributed by atoms with van der Waals surface area (Å²) in [5, 5.41) is 17.9. The summed E-state index contributed by atoms with van der Waals surface area (Å²) >= 11 is 0. The predicted octanol–water partition coefficient (Wildman–Crippen LogP) is 7.71. The Kier molecular flexibility index (Phi) is 12.8. The van der Waals surface area contributed by atoms with Gasteiger partial charge in [0.15, 0.2) is 0 Å². The van der Waals surface area contributed by atoms with Crippen molar-refractivity contribution in [1.82, 2.24) is 9.80 Å². The van der Waals surface area contributed by atoms with Gasteiger partial charge in [-0.15, -0.1) is 0 Å². The molecule has 2 fully saturated rings. The maximum atomic E-state index is 12.6. The highest BCUT2D eigenvalue weighted by atomic mass is 19.4. The normalized spacial score (nSPS) is 21.8. The minimum Gasteiger partial charge on any atom is -0.493 e.